The van der Waals surface area contributed by atoms with Crippen LogP contribution in [0.5, 0.6) is 0 Å². The number of rotatable bonds is 3. The number of benzene rings is 1. The summed E-state index contributed by atoms with van der Waals surface area (Å²) in [7, 11) is 0. The van der Waals surface area contributed by atoms with Gasteiger partial charge in [0.1, 0.15) is 6.33 Å². The fraction of sp³-hybridized carbons (Fsp3) is 0.444. The predicted molar refractivity (Wildman–Crippen MR) is 91.7 cm³/mol. The van der Waals surface area contributed by atoms with Gasteiger partial charge in [0.05, 0.1) is 5.56 Å². The van der Waals surface area contributed by atoms with E-state index in [1.165, 1.54) is 6.33 Å². The SMILES string of the molecule is O=C(c1ccccc1-c1ncn[nH]1)N1CCCC(N2CCCC2=O)C1. The van der Waals surface area contributed by atoms with Crippen molar-refractivity contribution in [2.24, 2.45) is 0 Å². The van der Waals surface area contributed by atoms with Crippen molar-refractivity contribution in [2.75, 3.05) is 19.6 Å². The molecular formula is C18H21N5O2. The van der Waals surface area contributed by atoms with Crippen LogP contribution in [0.4, 0.5) is 0 Å². The number of carbonyl (C=O) groups excluding carboxylic acids is 2. The van der Waals surface area contributed by atoms with E-state index in [-0.39, 0.29) is 17.9 Å². The molecule has 2 aliphatic heterocycles. The standard InChI is InChI=1S/C18H21N5O2/c24-16-8-4-10-23(16)13-5-3-9-22(11-13)18(25)15-7-2-1-6-14(15)17-19-12-20-21-17/h1-2,6-7,12-13H,3-5,8-11H2,(H,19,20,21). The maximum atomic E-state index is 13.1. The second-order valence-electron chi connectivity index (χ2n) is 6.62. The smallest absolute Gasteiger partial charge is 0.254 e. The number of H-pyrrole nitrogens is 1. The van der Waals surface area contributed by atoms with Gasteiger partial charge in [-0.15, -0.1) is 0 Å². The Balaban J connectivity index is 1.56. The minimum absolute atomic E-state index is 0.0108. The van der Waals surface area contributed by atoms with Crippen LogP contribution in [-0.2, 0) is 4.79 Å². The van der Waals surface area contributed by atoms with Crippen molar-refractivity contribution >= 4 is 11.8 Å². The molecule has 0 saturated carbocycles. The number of hydrogen-bond donors (Lipinski definition) is 1. The molecule has 7 nitrogen and oxygen atoms in total. The average molecular weight is 339 g/mol. The second-order valence-corrected chi connectivity index (χ2v) is 6.62. The molecular weight excluding hydrogens is 318 g/mol. The highest BCUT2D eigenvalue weighted by atomic mass is 16.2. The third-order valence-corrected chi connectivity index (χ3v) is 5.06. The molecule has 1 unspecified atom stereocenters. The van der Waals surface area contributed by atoms with Crippen molar-refractivity contribution in [1.82, 2.24) is 25.0 Å². The molecule has 0 aliphatic carbocycles. The number of nitrogens with one attached hydrogen (secondary N) is 1. The van der Waals surface area contributed by atoms with Crippen LogP contribution in [0.1, 0.15) is 36.0 Å². The molecule has 1 atom stereocenters. The van der Waals surface area contributed by atoms with Gasteiger partial charge in [0.2, 0.25) is 5.91 Å². The second kappa shape index (κ2) is 6.66. The van der Waals surface area contributed by atoms with E-state index in [2.05, 4.69) is 15.2 Å². The molecule has 0 bridgehead atoms. The monoisotopic (exact) mass is 339 g/mol. The normalized spacial score (nSPS) is 21.0. The highest BCUT2D eigenvalue weighted by Crippen LogP contribution is 2.25. The van der Waals surface area contributed by atoms with Crippen LogP contribution >= 0.6 is 0 Å². The summed E-state index contributed by atoms with van der Waals surface area (Å²) in [4.78, 5) is 33.2. The molecule has 7 heteroatoms. The molecule has 4 rings (SSSR count). The molecule has 1 aromatic carbocycles. The number of piperidine rings is 1. The fourth-order valence-corrected chi connectivity index (χ4v) is 3.83. The zero-order chi connectivity index (χ0) is 17.2. The lowest BCUT2D eigenvalue weighted by molar-refractivity contribution is -0.130. The van der Waals surface area contributed by atoms with Gasteiger partial charge in [0.15, 0.2) is 5.82 Å². The molecule has 25 heavy (non-hydrogen) atoms. The van der Waals surface area contributed by atoms with Crippen LogP contribution in [0, 0.1) is 0 Å². The maximum Gasteiger partial charge on any atom is 0.254 e. The summed E-state index contributed by atoms with van der Waals surface area (Å²) in [6, 6.07) is 7.59. The Hall–Kier alpha value is -2.70. The van der Waals surface area contributed by atoms with Crippen molar-refractivity contribution in [3.05, 3.63) is 36.2 Å². The number of likely N-dealkylation sites (tertiary alicyclic amines) is 2. The minimum Gasteiger partial charge on any atom is -0.338 e. The van der Waals surface area contributed by atoms with E-state index in [1.54, 1.807) is 0 Å². The topological polar surface area (TPSA) is 82.2 Å². The number of aromatic nitrogens is 3. The number of aromatic amines is 1. The predicted octanol–water partition coefficient (Wildman–Crippen LogP) is 1.70. The summed E-state index contributed by atoms with van der Waals surface area (Å²) in [6.07, 6.45) is 4.90. The summed E-state index contributed by atoms with van der Waals surface area (Å²) in [5.74, 6) is 0.803. The van der Waals surface area contributed by atoms with Gasteiger partial charge in [0, 0.05) is 37.7 Å². The van der Waals surface area contributed by atoms with Crippen LogP contribution < -0.4 is 0 Å². The van der Waals surface area contributed by atoms with Crippen molar-refractivity contribution in [2.45, 2.75) is 31.7 Å². The molecule has 2 saturated heterocycles. The van der Waals surface area contributed by atoms with Gasteiger partial charge >= 0.3 is 0 Å². The Morgan fingerprint density at radius 2 is 2.08 bits per heavy atom. The van der Waals surface area contributed by atoms with Gasteiger partial charge in [-0.3, -0.25) is 14.7 Å². The summed E-state index contributed by atoms with van der Waals surface area (Å²) in [6.45, 7) is 2.15. The highest BCUT2D eigenvalue weighted by Gasteiger charge is 2.33. The summed E-state index contributed by atoms with van der Waals surface area (Å²) in [5.41, 5.74) is 1.37. The lowest BCUT2D eigenvalue weighted by Crippen LogP contribution is -2.50. The number of amides is 2. The van der Waals surface area contributed by atoms with E-state index in [0.29, 0.717) is 24.4 Å². The lowest BCUT2D eigenvalue weighted by Gasteiger charge is -2.37. The van der Waals surface area contributed by atoms with Gasteiger partial charge in [-0.2, -0.15) is 5.10 Å². The minimum atomic E-state index is -0.0108. The molecule has 2 aliphatic rings. The molecule has 2 aromatic rings. The fourth-order valence-electron chi connectivity index (χ4n) is 3.83. The Labute approximate surface area is 146 Å². The quantitative estimate of drug-likeness (QED) is 0.923. The number of nitrogens with zero attached hydrogens (tertiary/aromatic N) is 4. The number of hydrogen-bond acceptors (Lipinski definition) is 4. The molecule has 130 valence electrons. The lowest BCUT2D eigenvalue weighted by atomic mass is 10.0. The molecule has 3 heterocycles. The van der Waals surface area contributed by atoms with Crippen LogP contribution in [0.15, 0.2) is 30.6 Å². The van der Waals surface area contributed by atoms with E-state index in [0.717, 1.165) is 37.9 Å². The van der Waals surface area contributed by atoms with Crippen LogP contribution in [0.2, 0.25) is 0 Å². The Morgan fingerprint density at radius 1 is 1.20 bits per heavy atom. The zero-order valence-corrected chi connectivity index (χ0v) is 14.0. The van der Waals surface area contributed by atoms with Crippen molar-refractivity contribution in [3.8, 4) is 11.4 Å². The van der Waals surface area contributed by atoms with E-state index in [4.69, 9.17) is 0 Å². The largest absolute Gasteiger partial charge is 0.338 e. The summed E-state index contributed by atoms with van der Waals surface area (Å²) in [5, 5.41) is 6.71. The van der Waals surface area contributed by atoms with Gasteiger partial charge in [-0.25, -0.2) is 4.98 Å². The third-order valence-electron chi connectivity index (χ3n) is 5.06. The molecule has 2 fully saturated rings. The van der Waals surface area contributed by atoms with Crippen molar-refractivity contribution in [3.63, 3.8) is 0 Å². The van der Waals surface area contributed by atoms with Gasteiger partial charge in [-0.1, -0.05) is 18.2 Å². The van der Waals surface area contributed by atoms with E-state index in [1.807, 2.05) is 34.1 Å². The first kappa shape index (κ1) is 15.8. The van der Waals surface area contributed by atoms with Crippen molar-refractivity contribution < 1.29 is 9.59 Å². The summed E-state index contributed by atoms with van der Waals surface area (Å²) >= 11 is 0. The molecule has 0 spiro atoms. The molecule has 1 aromatic heterocycles. The van der Waals surface area contributed by atoms with E-state index >= 15 is 0 Å². The molecule has 2 amide bonds. The first-order valence-corrected chi connectivity index (χ1v) is 8.77. The first-order chi connectivity index (χ1) is 12.2. The van der Waals surface area contributed by atoms with Gasteiger partial charge < -0.3 is 9.80 Å². The number of carbonyl (C=O) groups is 2. The Bertz CT molecular complexity index is 774. The van der Waals surface area contributed by atoms with Crippen LogP contribution in [0.25, 0.3) is 11.4 Å². The van der Waals surface area contributed by atoms with E-state index < -0.39 is 0 Å². The Kier molecular flexibility index (Phi) is 4.21. The van der Waals surface area contributed by atoms with Crippen LogP contribution in [0.3, 0.4) is 0 Å². The van der Waals surface area contributed by atoms with E-state index in [9.17, 15) is 9.59 Å². The highest BCUT2D eigenvalue weighted by molar-refractivity contribution is 6.00. The first-order valence-electron chi connectivity index (χ1n) is 8.77. The molecule has 0 radical (unpaired) electrons. The Morgan fingerprint density at radius 3 is 2.84 bits per heavy atom. The van der Waals surface area contributed by atoms with Crippen LogP contribution in [-0.4, -0.2) is 62.5 Å². The molecule has 1 N–H and O–H groups in total. The van der Waals surface area contributed by atoms with Gasteiger partial charge in [-0.05, 0) is 25.3 Å². The zero-order valence-electron chi connectivity index (χ0n) is 14.0. The van der Waals surface area contributed by atoms with Gasteiger partial charge in [0.25, 0.3) is 5.91 Å². The van der Waals surface area contributed by atoms with Crippen molar-refractivity contribution in [1.29, 1.82) is 0 Å². The summed E-state index contributed by atoms with van der Waals surface area (Å²) < 4.78 is 0. The maximum absolute atomic E-state index is 13.1. The third kappa shape index (κ3) is 3.01. The average Bonchev–Trinajstić information content (AvgIpc) is 3.33.